The van der Waals surface area contributed by atoms with E-state index >= 15 is 0 Å². The van der Waals surface area contributed by atoms with E-state index in [4.69, 9.17) is 9.47 Å². The molecule has 0 bridgehead atoms. The number of hydrogen-bond acceptors (Lipinski definition) is 3. The first-order chi connectivity index (χ1) is 11.3. The van der Waals surface area contributed by atoms with Gasteiger partial charge in [0.15, 0.2) is 11.5 Å². The van der Waals surface area contributed by atoms with E-state index in [9.17, 15) is 0 Å². The van der Waals surface area contributed by atoms with E-state index < -0.39 is 0 Å². The Morgan fingerprint density at radius 2 is 1.65 bits per heavy atom. The van der Waals surface area contributed by atoms with Gasteiger partial charge in [-0.25, -0.2) is 0 Å². The SMILES string of the molecule is COc1cc2c(cc1OC)C1c3ccccc3CCN1CCC2. The summed E-state index contributed by atoms with van der Waals surface area (Å²) in [5.41, 5.74) is 5.71. The molecular weight excluding hydrogens is 286 g/mol. The standard InChI is InChI=1S/C20H23NO2/c1-22-18-12-15-7-5-10-21-11-9-14-6-3-4-8-16(14)20(21)17(15)13-19(18)23-2/h3-4,6,8,12-13,20H,5,7,9-11H2,1-2H3. The lowest BCUT2D eigenvalue weighted by Crippen LogP contribution is -2.36. The number of benzene rings is 2. The van der Waals surface area contributed by atoms with Gasteiger partial charge in [-0.1, -0.05) is 24.3 Å². The molecule has 0 saturated carbocycles. The van der Waals surface area contributed by atoms with Crippen molar-refractivity contribution in [1.82, 2.24) is 4.90 Å². The molecule has 23 heavy (non-hydrogen) atoms. The molecule has 0 fully saturated rings. The molecule has 4 rings (SSSR count). The Kier molecular flexibility index (Phi) is 3.74. The molecule has 2 aromatic carbocycles. The van der Waals surface area contributed by atoms with Crippen molar-refractivity contribution in [1.29, 1.82) is 0 Å². The maximum atomic E-state index is 5.57. The van der Waals surface area contributed by atoms with E-state index in [1.165, 1.54) is 28.7 Å². The van der Waals surface area contributed by atoms with Crippen LogP contribution in [-0.4, -0.2) is 32.2 Å². The van der Waals surface area contributed by atoms with Crippen molar-refractivity contribution in [3.63, 3.8) is 0 Å². The molecule has 2 heterocycles. The minimum absolute atomic E-state index is 0.345. The molecule has 0 saturated heterocycles. The summed E-state index contributed by atoms with van der Waals surface area (Å²) in [5, 5.41) is 0. The molecule has 2 aliphatic heterocycles. The van der Waals surface area contributed by atoms with Crippen LogP contribution in [-0.2, 0) is 12.8 Å². The first-order valence-corrected chi connectivity index (χ1v) is 8.38. The highest BCUT2D eigenvalue weighted by molar-refractivity contribution is 5.52. The van der Waals surface area contributed by atoms with Crippen LogP contribution >= 0.6 is 0 Å². The maximum Gasteiger partial charge on any atom is 0.161 e. The largest absolute Gasteiger partial charge is 0.493 e. The van der Waals surface area contributed by atoms with Crippen LogP contribution in [0.5, 0.6) is 11.5 Å². The van der Waals surface area contributed by atoms with Gasteiger partial charge in [-0.2, -0.15) is 0 Å². The average molecular weight is 309 g/mol. The second-order valence-electron chi connectivity index (χ2n) is 6.40. The van der Waals surface area contributed by atoms with Gasteiger partial charge in [0.25, 0.3) is 0 Å². The van der Waals surface area contributed by atoms with Crippen LogP contribution in [0.4, 0.5) is 0 Å². The highest BCUT2D eigenvalue weighted by Gasteiger charge is 2.32. The van der Waals surface area contributed by atoms with Crippen LogP contribution in [0.3, 0.4) is 0 Å². The van der Waals surface area contributed by atoms with Crippen LogP contribution in [0.15, 0.2) is 36.4 Å². The zero-order chi connectivity index (χ0) is 15.8. The number of fused-ring (bicyclic) bond motifs is 5. The van der Waals surface area contributed by atoms with Gasteiger partial charge < -0.3 is 9.47 Å². The second-order valence-corrected chi connectivity index (χ2v) is 6.40. The van der Waals surface area contributed by atoms with E-state index in [-0.39, 0.29) is 0 Å². The highest BCUT2D eigenvalue weighted by atomic mass is 16.5. The van der Waals surface area contributed by atoms with Gasteiger partial charge in [-0.05, 0) is 60.2 Å². The molecular formula is C20H23NO2. The number of hydrogen-bond donors (Lipinski definition) is 0. The summed E-state index contributed by atoms with van der Waals surface area (Å²) in [7, 11) is 3.43. The van der Waals surface area contributed by atoms with Gasteiger partial charge in [0.2, 0.25) is 0 Å². The first-order valence-electron chi connectivity index (χ1n) is 8.38. The Labute approximate surface area is 137 Å². The molecule has 1 unspecified atom stereocenters. The van der Waals surface area contributed by atoms with E-state index in [2.05, 4.69) is 41.3 Å². The van der Waals surface area contributed by atoms with E-state index in [1.54, 1.807) is 14.2 Å². The van der Waals surface area contributed by atoms with Crippen LogP contribution in [0.1, 0.15) is 34.7 Å². The summed E-state index contributed by atoms with van der Waals surface area (Å²) in [6.07, 6.45) is 3.45. The van der Waals surface area contributed by atoms with E-state index in [0.717, 1.165) is 37.4 Å². The van der Waals surface area contributed by atoms with Gasteiger partial charge in [-0.15, -0.1) is 0 Å². The van der Waals surface area contributed by atoms with Crippen LogP contribution in [0, 0.1) is 0 Å². The van der Waals surface area contributed by atoms with Crippen molar-refractivity contribution >= 4 is 0 Å². The molecule has 2 aliphatic rings. The van der Waals surface area contributed by atoms with Crippen molar-refractivity contribution in [3.8, 4) is 11.5 Å². The molecule has 0 spiro atoms. The Hall–Kier alpha value is -2.00. The first kappa shape index (κ1) is 14.6. The Bertz CT molecular complexity index is 726. The third-order valence-electron chi connectivity index (χ3n) is 5.21. The number of nitrogens with zero attached hydrogens (tertiary/aromatic N) is 1. The van der Waals surface area contributed by atoms with Gasteiger partial charge in [0, 0.05) is 6.54 Å². The van der Waals surface area contributed by atoms with Crippen molar-refractivity contribution in [3.05, 3.63) is 58.7 Å². The molecule has 0 radical (unpaired) electrons. The normalized spacial score (nSPS) is 20.0. The van der Waals surface area contributed by atoms with E-state index in [0.29, 0.717) is 6.04 Å². The Morgan fingerprint density at radius 3 is 2.48 bits per heavy atom. The third-order valence-corrected chi connectivity index (χ3v) is 5.21. The summed E-state index contributed by atoms with van der Waals surface area (Å²) >= 11 is 0. The summed E-state index contributed by atoms with van der Waals surface area (Å²) in [4.78, 5) is 2.63. The molecule has 120 valence electrons. The van der Waals surface area contributed by atoms with Crippen molar-refractivity contribution in [2.24, 2.45) is 0 Å². The summed E-state index contributed by atoms with van der Waals surface area (Å²) in [6, 6.07) is 13.6. The fourth-order valence-corrected chi connectivity index (χ4v) is 4.10. The lowest BCUT2D eigenvalue weighted by molar-refractivity contribution is 0.217. The quantitative estimate of drug-likeness (QED) is 0.846. The predicted octanol–water partition coefficient (Wildman–Crippen LogP) is 3.60. The highest BCUT2D eigenvalue weighted by Crippen LogP contribution is 2.42. The summed E-state index contributed by atoms with van der Waals surface area (Å²) in [6.45, 7) is 2.29. The molecule has 3 nitrogen and oxygen atoms in total. The molecule has 0 amide bonds. The fraction of sp³-hybridized carbons (Fsp3) is 0.400. The zero-order valence-electron chi connectivity index (χ0n) is 13.8. The maximum absolute atomic E-state index is 5.57. The molecule has 0 aromatic heterocycles. The average Bonchev–Trinajstić information content (AvgIpc) is 2.79. The number of ether oxygens (including phenoxy) is 2. The smallest absolute Gasteiger partial charge is 0.161 e. The van der Waals surface area contributed by atoms with Crippen molar-refractivity contribution < 1.29 is 9.47 Å². The Morgan fingerprint density at radius 1 is 0.870 bits per heavy atom. The Balaban J connectivity index is 1.90. The molecule has 1 atom stereocenters. The van der Waals surface area contributed by atoms with Crippen molar-refractivity contribution in [2.75, 3.05) is 27.3 Å². The number of rotatable bonds is 2. The van der Waals surface area contributed by atoms with Crippen LogP contribution < -0.4 is 9.47 Å². The molecule has 3 heteroatoms. The summed E-state index contributed by atoms with van der Waals surface area (Å²) in [5.74, 6) is 1.67. The minimum atomic E-state index is 0.345. The second kappa shape index (κ2) is 5.89. The van der Waals surface area contributed by atoms with Crippen LogP contribution in [0.2, 0.25) is 0 Å². The van der Waals surface area contributed by atoms with Gasteiger partial charge in [0.1, 0.15) is 0 Å². The molecule has 2 aromatic rings. The van der Waals surface area contributed by atoms with Gasteiger partial charge in [0.05, 0.1) is 20.3 Å². The number of aryl methyl sites for hydroxylation is 1. The molecule has 0 N–H and O–H groups in total. The molecule has 0 aliphatic carbocycles. The third kappa shape index (κ3) is 2.40. The lowest BCUT2D eigenvalue weighted by Gasteiger charge is -2.37. The van der Waals surface area contributed by atoms with Gasteiger partial charge in [-0.3, -0.25) is 4.90 Å². The zero-order valence-corrected chi connectivity index (χ0v) is 13.8. The lowest BCUT2D eigenvalue weighted by atomic mass is 9.86. The monoisotopic (exact) mass is 309 g/mol. The van der Waals surface area contributed by atoms with Crippen LogP contribution in [0.25, 0.3) is 0 Å². The van der Waals surface area contributed by atoms with Crippen molar-refractivity contribution in [2.45, 2.75) is 25.3 Å². The number of methoxy groups -OCH3 is 2. The fourth-order valence-electron chi connectivity index (χ4n) is 4.10. The topological polar surface area (TPSA) is 21.7 Å². The summed E-state index contributed by atoms with van der Waals surface area (Å²) < 4.78 is 11.1. The van der Waals surface area contributed by atoms with E-state index in [1.807, 2.05) is 0 Å². The minimum Gasteiger partial charge on any atom is -0.493 e. The van der Waals surface area contributed by atoms with Gasteiger partial charge >= 0.3 is 0 Å². The predicted molar refractivity (Wildman–Crippen MR) is 91.4 cm³/mol.